The number of anilines is 2. The van der Waals surface area contributed by atoms with Gasteiger partial charge in [-0.25, -0.2) is 0 Å². The highest BCUT2D eigenvalue weighted by molar-refractivity contribution is 7.80. The van der Waals surface area contributed by atoms with Crippen LogP contribution in [0.4, 0.5) is 11.4 Å². The fourth-order valence-electron chi connectivity index (χ4n) is 5.85. The second kappa shape index (κ2) is 15.8. The van der Waals surface area contributed by atoms with Gasteiger partial charge in [0.15, 0.2) is 5.11 Å². The highest BCUT2D eigenvalue weighted by Crippen LogP contribution is 2.29. The van der Waals surface area contributed by atoms with Crippen LogP contribution in [-0.2, 0) is 16.1 Å². The minimum atomic E-state index is -0.686. The summed E-state index contributed by atoms with van der Waals surface area (Å²) in [5.41, 5.74) is 2.66. The van der Waals surface area contributed by atoms with Gasteiger partial charge in [0.05, 0.1) is 25.3 Å². The van der Waals surface area contributed by atoms with Crippen molar-refractivity contribution in [3.63, 3.8) is 0 Å². The highest BCUT2D eigenvalue weighted by atomic mass is 32.1. The number of nitrogens with zero attached hydrogens (tertiary/aromatic N) is 4. The van der Waals surface area contributed by atoms with Crippen LogP contribution >= 0.6 is 12.2 Å². The zero-order valence-corrected chi connectivity index (χ0v) is 27.0. The number of hydrogen-bond donors (Lipinski definition) is 1. The van der Waals surface area contributed by atoms with Crippen LogP contribution in [0.25, 0.3) is 0 Å². The zero-order valence-electron chi connectivity index (χ0n) is 26.2. The third-order valence-corrected chi connectivity index (χ3v) is 8.56. The third-order valence-electron chi connectivity index (χ3n) is 8.14. The van der Waals surface area contributed by atoms with Crippen molar-refractivity contribution < 1.29 is 19.1 Å². The lowest BCUT2D eigenvalue weighted by Gasteiger charge is -2.35. The van der Waals surface area contributed by atoms with E-state index in [1.165, 1.54) is 5.56 Å². The molecule has 5 rings (SSSR count). The van der Waals surface area contributed by atoms with Crippen molar-refractivity contribution >= 4 is 40.5 Å². The van der Waals surface area contributed by atoms with Crippen LogP contribution in [-0.4, -0.2) is 90.2 Å². The van der Waals surface area contributed by atoms with Crippen LogP contribution < -0.4 is 19.7 Å². The van der Waals surface area contributed by atoms with Crippen LogP contribution in [0.1, 0.15) is 32.3 Å². The van der Waals surface area contributed by atoms with Crippen LogP contribution in [0.5, 0.6) is 11.5 Å². The Hall–Kier alpha value is -3.99. The number of ether oxygens (including phenoxy) is 2. The van der Waals surface area contributed by atoms with Crippen LogP contribution in [0.15, 0.2) is 78.9 Å². The van der Waals surface area contributed by atoms with Crippen molar-refractivity contribution in [3.8, 4) is 11.5 Å². The second-order valence-electron chi connectivity index (χ2n) is 11.3. The molecule has 0 bridgehead atoms. The van der Waals surface area contributed by atoms with Gasteiger partial charge in [-0.05, 0) is 93.1 Å². The number of nitrogens with one attached hydrogen (secondary N) is 1. The van der Waals surface area contributed by atoms with Gasteiger partial charge < -0.3 is 24.6 Å². The number of rotatable bonds is 14. The van der Waals surface area contributed by atoms with E-state index in [2.05, 4.69) is 45.4 Å². The molecule has 3 aromatic carbocycles. The molecule has 9 nitrogen and oxygen atoms in total. The lowest BCUT2D eigenvalue weighted by molar-refractivity contribution is -0.124. The summed E-state index contributed by atoms with van der Waals surface area (Å²) in [7, 11) is 0. The average Bonchev–Trinajstić information content (AvgIpc) is 3.28. The highest BCUT2D eigenvalue weighted by Gasteiger charge is 2.44. The molecule has 10 heteroatoms. The van der Waals surface area contributed by atoms with Crippen molar-refractivity contribution in [2.75, 3.05) is 62.7 Å². The van der Waals surface area contributed by atoms with Crippen LogP contribution in [0.3, 0.4) is 0 Å². The van der Waals surface area contributed by atoms with E-state index in [1.54, 1.807) is 17.0 Å². The Morgan fingerprint density at radius 2 is 1.42 bits per heavy atom. The molecule has 0 radical (unpaired) electrons. The van der Waals surface area contributed by atoms with Gasteiger partial charge in [-0.1, -0.05) is 30.3 Å². The minimum absolute atomic E-state index is 0.00211. The summed E-state index contributed by atoms with van der Waals surface area (Å²) in [6, 6.07) is 24.5. The van der Waals surface area contributed by atoms with E-state index in [-0.39, 0.29) is 18.2 Å². The normalized spacial score (nSPS) is 17.5. The molecule has 3 aromatic rings. The summed E-state index contributed by atoms with van der Waals surface area (Å²) < 4.78 is 11.1. The van der Waals surface area contributed by atoms with Gasteiger partial charge in [-0.2, -0.15) is 0 Å². The van der Waals surface area contributed by atoms with Gasteiger partial charge in [0, 0.05) is 45.0 Å². The number of carbonyl (C=O) groups is 2. The van der Waals surface area contributed by atoms with Gasteiger partial charge >= 0.3 is 0 Å². The van der Waals surface area contributed by atoms with E-state index in [4.69, 9.17) is 21.7 Å². The average molecular weight is 630 g/mol. The minimum Gasteiger partial charge on any atom is -0.494 e. The molecule has 2 heterocycles. The molecular formula is C35H43N5O4S. The van der Waals surface area contributed by atoms with Gasteiger partial charge in [0.2, 0.25) is 5.91 Å². The fourth-order valence-corrected chi connectivity index (χ4v) is 6.26. The summed E-state index contributed by atoms with van der Waals surface area (Å²) in [6.45, 7) is 11.5. The van der Waals surface area contributed by atoms with Gasteiger partial charge in [0.25, 0.3) is 5.91 Å². The Morgan fingerprint density at radius 3 is 2.04 bits per heavy atom. The molecule has 0 aliphatic carbocycles. The van der Waals surface area contributed by atoms with E-state index in [9.17, 15) is 9.59 Å². The fraction of sp³-hybridized carbons (Fsp3) is 0.400. The van der Waals surface area contributed by atoms with E-state index in [1.807, 2.05) is 55.1 Å². The van der Waals surface area contributed by atoms with Crippen molar-refractivity contribution in [3.05, 3.63) is 84.4 Å². The van der Waals surface area contributed by atoms with Crippen molar-refractivity contribution in [2.45, 2.75) is 39.3 Å². The van der Waals surface area contributed by atoms with Crippen LogP contribution in [0.2, 0.25) is 0 Å². The van der Waals surface area contributed by atoms with Gasteiger partial charge in [-0.15, -0.1) is 0 Å². The molecule has 0 saturated carbocycles. The molecule has 2 amide bonds. The molecule has 1 N–H and O–H groups in total. The maximum Gasteiger partial charge on any atom is 0.256 e. The molecular weight excluding hydrogens is 586 g/mol. The first-order valence-electron chi connectivity index (χ1n) is 15.8. The Balaban J connectivity index is 1.21. The van der Waals surface area contributed by atoms with E-state index < -0.39 is 6.04 Å². The number of benzene rings is 3. The smallest absolute Gasteiger partial charge is 0.256 e. The maximum atomic E-state index is 13.8. The number of amides is 2. The first-order valence-corrected chi connectivity index (χ1v) is 16.2. The lowest BCUT2D eigenvalue weighted by atomic mass is 10.1. The van der Waals surface area contributed by atoms with Gasteiger partial charge in [0.1, 0.15) is 17.5 Å². The van der Waals surface area contributed by atoms with E-state index >= 15 is 0 Å². The molecule has 2 saturated heterocycles. The first-order chi connectivity index (χ1) is 21.9. The van der Waals surface area contributed by atoms with E-state index in [0.29, 0.717) is 36.2 Å². The summed E-state index contributed by atoms with van der Waals surface area (Å²) >= 11 is 5.89. The Kier molecular flexibility index (Phi) is 11.4. The number of hydrogen-bond acceptors (Lipinski definition) is 7. The number of piperazine rings is 1. The Morgan fingerprint density at radius 1 is 0.822 bits per heavy atom. The predicted octanol–water partition coefficient (Wildman–Crippen LogP) is 5.02. The second-order valence-corrected chi connectivity index (χ2v) is 11.6. The molecule has 45 heavy (non-hydrogen) atoms. The summed E-state index contributed by atoms with van der Waals surface area (Å²) in [6.07, 6.45) is 0.831. The topological polar surface area (TPSA) is 77.6 Å². The SMILES string of the molecule is CCOc1ccc(NC(=O)C[C@H]2C(=O)N(c3ccc(OCC)cc3)C(=S)N2CCCN2CCN(Cc3ccccc3)CC2)cc1. The molecule has 2 fully saturated rings. The first kappa shape index (κ1) is 32.4. The van der Waals surface area contributed by atoms with Crippen molar-refractivity contribution in [1.29, 1.82) is 0 Å². The quantitative estimate of drug-likeness (QED) is 0.249. The van der Waals surface area contributed by atoms with E-state index in [0.717, 1.165) is 57.2 Å². The maximum absolute atomic E-state index is 13.8. The van der Waals surface area contributed by atoms with Crippen molar-refractivity contribution in [1.82, 2.24) is 14.7 Å². The molecule has 238 valence electrons. The van der Waals surface area contributed by atoms with Gasteiger partial charge in [-0.3, -0.25) is 19.4 Å². The van der Waals surface area contributed by atoms with Crippen LogP contribution in [0, 0.1) is 0 Å². The number of carbonyl (C=O) groups excluding carboxylic acids is 2. The molecule has 2 aliphatic rings. The largest absolute Gasteiger partial charge is 0.494 e. The lowest BCUT2D eigenvalue weighted by Crippen LogP contribution is -2.47. The summed E-state index contributed by atoms with van der Waals surface area (Å²) in [5.74, 6) is 1.03. The predicted molar refractivity (Wildman–Crippen MR) is 182 cm³/mol. The summed E-state index contributed by atoms with van der Waals surface area (Å²) in [5, 5.41) is 3.36. The monoisotopic (exact) mass is 629 g/mol. The zero-order chi connectivity index (χ0) is 31.6. The Labute approximate surface area is 271 Å². The molecule has 0 spiro atoms. The Bertz CT molecular complexity index is 1410. The van der Waals surface area contributed by atoms with Crippen molar-refractivity contribution in [2.24, 2.45) is 0 Å². The molecule has 0 aromatic heterocycles. The molecule has 2 aliphatic heterocycles. The molecule has 1 atom stereocenters. The summed E-state index contributed by atoms with van der Waals surface area (Å²) in [4.78, 5) is 35.5. The number of thiocarbonyl (C=S) groups is 1. The molecule has 0 unspecified atom stereocenters. The standard InChI is InChI=1S/C35H43N5O4S/c1-3-43-30-15-11-28(12-16-30)36-33(41)25-32-34(42)40(29-13-17-31(18-14-29)44-4-2)35(45)39(32)20-8-19-37-21-23-38(24-22-37)26-27-9-6-5-7-10-27/h5-7,9-18,32H,3-4,8,19-26H2,1-2H3,(H,36,41)/t32-/m0/s1. The third kappa shape index (κ3) is 8.59.